The van der Waals surface area contributed by atoms with Crippen LogP contribution < -0.4 is 0 Å². The summed E-state index contributed by atoms with van der Waals surface area (Å²) < 4.78 is 145. The summed E-state index contributed by atoms with van der Waals surface area (Å²) >= 11 is 0. The van der Waals surface area contributed by atoms with Crippen LogP contribution in [0.3, 0.4) is 0 Å². The summed E-state index contributed by atoms with van der Waals surface area (Å²) in [5.41, 5.74) is -0.0154. The largest absolute Gasteiger partial charge is 0.493 e. The Balaban J connectivity index is 0.607. The van der Waals surface area contributed by atoms with E-state index in [-0.39, 0.29) is 54.2 Å². The molecule has 99 heavy (non-hydrogen) atoms. The van der Waals surface area contributed by atoms with Gasteiger partial charge in [-0.3, -0.25) is 9.59 Å². The van der Waals surface area contributed by atoms with Gasteiger partial charge in [0, 0.05) is 73.6 Å². The lowest BCUT2D eigenvalue weighted by molar-refractivity contribution is -0.447. The van der Waals surface area contributed by atoms with Crippen molar-refractivity contribution < 1.29 is 129 Å². The Labute approximate surface area is 583 Å². The van der Waals surface area contributed by atoms with Crippen molar-refractivity contribution in [3.63, 3.8) is 0 Å². The van der Waals surface area contributed by atoms with Gasteiger partial charge in [0.1, 0.15) is 42.7 Å². The molecule has 0 bridgehead atoms. The molecule has 0 amide bonds. The lowest BCUT2D eigenvalue weighted by Gasteiger charge is -2.59. The first-order chi connectivity index (χ1) is 47.2. The predicted octanol–water partition coefficient (Wildman–Crippen LogP) is 6.73. The van der Waals surface area contributed by atoms with E-state index in [9.17, 15) is 19.8 Å². The Bertz CT molecular complexity index is 2800. The minimum Gasteiger partial charge on any atom is -0.493 e. The monoisotopic (exact) mass is 1410 g/mol. The van der Waals surface area contributed by atoms with Gasteiger partial charge in [0.25, 0.3) is 11.8 Å². The van der Waals surface area contributed by atoms with Gasteiger partial charge in [-0.25, -0.2) is 0 Å². The minimum atomic E-state index is -1.56. The van der Waals surface area contributed by atoms with Crippen LogP contribution in [-0.4, -0.2) is 255 Å². The Morgan fingerprint density at radius 1 is 0.616 bits per heavy atom. The number of rotatable bonds is 20. The van der Waals surface area contributed by atoms with Gasteiger partial charge in [-0.2, -0.15) is 0 Å². The van der Waals surface area contributed by atoms with E-state index in [0.29, 0.717) is 43.4 Å². The lowest BCUT2D eigenvalue weighted by Crippen LogP contribution is -2.62. The second kappa shape index (κ2) is 31.1. The smallest absolute Gasteiger partial charge is 0.303 e. The number of hydrogen-bond acceptors (Lipinski definition) is 27. The van der Waals surface area contributed by atoms with Crippen molar-refractivity contribution in [2.75, 3.05) is 49.5 Å². The van der Waals surface area contributed by atoms with Gasteiger partial charge in [-0.15, -0.1) is 0 Å². The van der Waals surface area contributed by atoms with Crippen LogP contribution in [0.5, 0.6) is 0 Å². The normalized spacial score (nSPS) is 50.6. The molecule has 564 valence electrons. The average Bonchev–Trinajstić information content (AvgIpc) is 1.61. The summed E-state index contributed by atoms with van der Waals surface area (Å²) in [6.45, 7) is 21.0. The Kier molecular flexibility index (Phi) is 24.0. The quantitative estimate of drug-likeness (QED) is 0.0943. The van der Waals surface area contributed by atoms with Crippen LogP contribution in [0.4, 0.5) is 0 Å². The van der Waals surface area contributed by atoms with Crippen LogP contribution in [-0.2, 0) is 119 Å². The number of aliphatic hydroxyl groups is 2. The van der Waals surface area contributed by atoms with Crippen LogP contribution in [0.2, 0.25) is 0 Å². The molecule has 10 fully saturated rings. The number of ether oxygens (including phenoxy) is 23. The number of carbonyl (C=O) groups excluding carboxylic acids is 2. The molecule has 0 radical (unpaired) electrons. The molecule has 3 saturated carbocycles. The molecule has 27 heteroatoms. The SMILES string of the molecule is COC1=CC(C)OC(OC2CCC3(C)C(=CCC4C3CCC3(C)C4CCC3(O)C(C)OC3CC4OCOC5(CC(OC)C(OC6CC(OC)C(OC7CC(OC)C(OC8CC(OC)C(OC9OC(C)C(O)C(OC)C9OC(C)=O)C(C)O8)C(C)O7)C(C)O6)C(C)O5)OC4C(C)O3)C2)C1=O. The van der Waals surface area contributed by atoms with Crippen molar-refractivity contribution in [1.29, 1.82) is 0 Å². The number of ketones is 1. The zero-order valence-corrected chi connectivity index (χ0v) is 61.1. The molecule has 4 aliphatic carbocycles. The zero-order valence-electron chi connectivity index (χ0n) is 61.1. The molecule has 27 nitrogen and oxygen atoms in total. The van der Waals surface area contributed by atoms with Crippen molar-refractivity contribution in [3.05, 3.63) is 23.5 Å². The van der Waals surface area contributed by atoms with Crippen molar-refractivity contribution in [3.8, 4) is 0 Å². The number of esters is 1. The number of Topliss-reactive ketones (excluding diaryl/α,β-unsaturated/α-hetero) is 1. The summed E-state index contributed by atoms with van der Waals surface area (Å²) in [6.07, 6.45) is -5.20. The number of fused-ring (bicyclic) bond motifs is 6. The molecule has 1 spiro atoms. The Morgan fingerprint density at radius 3 is 1.79 bits per heavy atom. The summed E-state index contributed by atoms with van der Waals surface area (Å²) in [6, 6.07) is 0. The fourth-order valence-corrected chi connectivity index (χ4v) is 19.4. The Hall–Kier alpha value is -2.50. The van der Waals surface area contributed by atoms with E-state index in [1.165, 1.54) is 26.7 Å². The van der Waals surface area contributed by atoms with Crippen LogP contribution in [0.1, 0.15) is 160 Å². The summed E-state index contributed by atoms with van der Waals surface area (Å²) in [5.74, 6) is -0.886. The van der Waals surface area contributed by atoms with Crippen LogP contribution >= 0.6 is 0 Å². The highest BCUT2D eigenvalue weighted by Crippen LogP contribution is 2.68. The van der Waals surface area contributed by atoms with Gasteiger partial charge in [0.15, 0.2) is 50.1 Å². The van der Waals surface area contributed by atoms with Gasteiger partial charge in [0.05, 0.1) is 105 Å². The number of allylic oxidation sites excluding steroid dienone is 1. The van der Waals surface area contributed by atoms with Gasteiger partial charge < -0.3 is 119 Å². The van der Waals surface area contributed by atoms with Crippen molar-refractivity contribution in [2.45, 2.75) is 343 Å². The fourth-order valence-electron chi connectivity index (χ4n) is 19.4. The van der Waals surface area contributed by atoms with Crippen LogP contribution in [0.25, 0.3) is 0 Å². The summed E-state index contributed by atoms with van der Waals surface area (Å²) in [7, 11) is 9.39. The van der Waals surface area contributed by atoms with Crippen molar-refractivity contribution in [1.82, 2.24) is 0 Å². The van der Waals surface area contributed by atoms with E-state index in [0.717, 1.165) is 44.9 Å². The molecule has 0 aromatic heterocycles. The maximum absolute atomic E-state index is 13.1. The molecule has 0 aromatic carbocycles. The third-order valence-electron chi connectivity index (χ3n) is 24.8. The average molecular weight is 1410 g/mol. The van der Waals surface area contributed by atoms with Gasteiger partial charge in [-0.1, -0.05) is 25.5 Å². The molecule has 8 aliphatic heterocycles. The van der Waals surface area contributed by atoms with Gasteiger partial charge >= 0.3 is 5.97 Å². The molecule has 12 aliphatic rings. The molecule has 8 heterocycles. The number of hydrogen-bond donors (Lipinski definition) is 2. The first kappa shape index (κ1) is 76.2. The Morgan fingerprint density at radius 2 is 1.20 bits per heavy atom. The van der Waals surface area contributed by atoms with Gasteiger partial charge in [-0.05, 0) is 136 Å². The molecule has 35 atom stereocenters. The van der Waals surface area contributed by atoms with E-state index < -0.39 is 177 Å². The van der Waals surface area contributed by atoms with E-state index in [2.05, 4.69) is 19.9 Å². The molecule has 0 aromatic rings. The highest BCUT2D eigenvalue weighted by Gasteiger charge is 2.67. The topological polar surface area (TPSA) is 287 Å². The van der Waals surface area contributed by atoms with E-state index >= 15 is 0 Å². The first-order valence-electron chi connectivity index (χ1n) is 36.4. The summed E-state index contributed by atoms with van der Waals surface area (Å²) in [5, 5.41) is 23.8. The van der Waals surface area contributed by atoms with Crippen LogP contribution in [0, 0.1) is 28.6 Å². The van der Waals surface area contributed by atoms with E-state index in [1.54, 1.807) is 41.4 Å². The molecule has 2 N–H and O–H groups in total. The first-order valence-corrected chi connectivity index (χ1v) is 36.4. The zero-order chi connectivity index (χ0) is 70.8. The van der Waals surface area contributed by atoms with Gasteiger partial charge in [0.2, 0.25) is 6.29 Å². The highest BCUT2D eigenvalue weighted by atomic mass is 16.9. The van der Waals surface area contributed by atoms with E-state index in [1.807, 2.05) is 48.5 Å². The van der Waals surface area contributed by atoms with Crippen LogP contribution in [0.15, 0.2) is 23.5 Å². The predicted molar refractivity (Wildman–Crippen MR) is 345 cm³/mol. The van der Waals surface area contributed by atoms with E-state index in [4.69, 9.17) is 109 Å². The maximum Gasteiger partial charge on any atom is 0.303 e. The molecule has 12 rings (SSSR count). The minimum absolute atomic E-state index is 0.0143. The standard InChI is InChI=1S/C72H114O27/c1-34-26-48(77-12)59(75)67(85-34)93-44-20-23-69(10)43(27-44)18-19-45-46(69)21-24-70(11)47(45)22-25-71(70,76)41(8)91-54-31-52-64(39(6)89-54)99-72(84-33-83-52)32-53(81-16)63(40(7)98-72)96-57-29-50(79-14)61(37(4)87-57)94-55-28-49(78-13)60(36(3)86-55)95-56-30-51(80-15)62(38(5)88-56)97-68-66(92-42(9)73)65(82-17)58(74)35(2)90-68/h18,26,34-41,44-47,49-58,60-68,74,76H,19-25,27-33H2,1-17H3. The second-order valence-electron chi connectivity index (χ2n) is 30.5. The maximum atomic E-state index is 13.1. The third kappa shape index (κ3) is 15.1. The molecule has 35 unspecified atom stereocenters. The van der Waals surface area contributed by atoms with Crippen molar-refractivity contribution >= 4 is 11.8 Å². The number of methoxy groups -OCH3 is 6. The fraction of sp³-hybridized carbons (Fsp3) is 0.917. The second-order valence-corrected chi connectivity index (χ2v) is 30.5. The molecular weight excluding hydrogens is 1300 g/mol. The van der Waals surface area contributed by atoms with Crippen molar-refractivity contribution in [2.24, 2.45) is 28.6 Å². The third-order valence-corrected chi connectivity index (χ3v) is 24.8. The number of aliphatic hydroxyl groups excluding tert-OH is 1. The molecule has 7 saturated heterocycles. The number of carbonyl (C=O) groups is 2. The lowest BCUT2D eigenvalue weighted by atomic mass is 9.46. The highest BCUT2D eigenvalue weighted by molar-refractivity contribution is 5.96. The summed E-state index contributed by atoms with van der Waals surface area (Å²) in [4.78, 5) is 25.2. The molecular formula is C72H114O27.